The van der Waals surface area contributed by atoms with Gasteiger partial charge in [0.05, 0.1) is 0 Å². The number of hydrogen-bond acceptors (Lipinski definition) is 1. The van der Waals surface area contributed by atoms with Crippen molar-refractivity contribution in [3.8, 4) is 0 Å². The molecule has 2 heteroatoms. The van der Waals surface area contributed by atoms with Crippen molar-refractivity contribution in [2.24, 2.45) is 17.8 Å². The van der Waals surface area contributed by atoms with E-state index in [2.05, 4.69) is 32.6 Å². The first-order chi connectivity index (χ1) is 6.57. The first-order valence-corrected chi connectivity index (χ1v) is 5.91. The van der Waals surface area contributed by atoms with Crippen molar-refractivity contribution in [1.29, 1.82) is 0 Å². The van der Waals surface area contributed by atoms with Gasteiger partial charge in [0.25, 0.3) is 0 Å². The van der Waals surface area contributed by atoms with Gasteiger partial charge < -0.3 is 0 Å². The van der Waals surface area contributed by atoms with Crippen LogP contribution in [0.15, 0.2) is 0 Å². The zero-order chi connectivity index (χ0) is 10.5. The minimum atomic E-state index is -0.150. The number of halogens is 1. The van der Waals surface area contributed by atoms with Gasteiger partial charge in [0.15, 0.2) is 0 Å². The number of alkyl halides is 1. The van der Waals surface area contributed by atoms with E-state index >= 15 is 0 Å². The Morgan fingerprint density at radius 3 is 2.29 bits per heavy atom. The first-order valence-electron chi connectivity index (χ1n) is 5.91. The fourth-order valence-electron chi connectivity index (χ4n) is 3.49. The standard InChI is InChI=1S/C12H22FN/c1-7(2)12-10-5-9(10)11(6-13)14(12)8(3)4/h7-12H,5-6H2,1-4H3/t9-,10+,11+,12?/m0/s1. The van der Waals surface area contributed by atoms with E-state index in [1.165, 1.54) is 6.42 Å². The zero-order valence-corrected chi connectivity index (χ0v) is 9.70. The summed E-state index contributed by atoms with van der Waals surface area (Å²) in [5.74, 6) is 2.15. The van der Waals surface area contributed by atoms with Crippen LogP contribution in [0.2, 0.25) is 0 Å². The highest BCUT2D eigenvalue weighted by Gasteiger charge is 2.59. The lowest BCUT2D eigenvalue weighted by molar-refractivity contribution is 0.0764. The fraction of sp³-hybridized carbons (Fsp3) is 1.00. The Hall–Kier alpha value is -0.110. The summed E-state index contributed by atoms with van der Waals surface area (Å²) < 4.78 is 13.0. The smallest absolute Gasteiger partial charge is 0.105 e. The average molecular weight is 199 g/mol. The van der Waals surface area contributed by atoms with Gasteiger partial charge in [-0.25, -0.2) is 4.39 Å². The Morgan fingerprint density at radius 1 is 1.21 bits per heavy atom. The Kier molecular flexibility index (Phi) is 2.59. The van der Waals surface area contributed by atoms with Crippen molar-refractivity contribution in [3.05, 3.63) is 0 Å². The molecule has 0 N–H and O–H groups in total. The van der Waals surface area contributed by atoms with Crippen molar-refractivity contribution in [2.75, 3.05) is 6.67 Å². The molecule has 1 nitrogen and oxygen atoms in total. The summed E-state index contributed by atoms with van der Waals surface area (Å²) in [4.78, 5) is 2.43. The molecular formula is C12H22FN. The SMILES string of the molecule is CC(C)C1[C@@H]2C[C@@H]2[C@@H](CF)N1C(C)C. The number of piperidine rings is 1. The second kappa shape index (κ2) is 3.48. The summed E-state index contributed by atoms with van der Waals surface area (Å²) in [6.45, 7) is 8.79. The number of nitrogens with zero attached hydrogens (tertiary/aromatic N) is 1. The third kappa shape index (κ3) is 1.39. The van der Waals surface area contributed by atoms with Gasteiger partial charge >= 0.3 is 0 Å². The van der Waals surface area contributed by atoms with Gasteiger partial charge in [0, 0.05) is 18.1 Å². The molecule has 82 valence electrons. The van der Waals surface area contributed by atoms with Gasteiger partial charge in [-0.2, -0.15) is 0 Å². The molecule has 1 heterocycles. The van der Waals surface area contributed by atoms with Crippen molar-refractivity contribution in [1.82, 2.24) is 4.90 Å². The molecule has 1 aliphatic carbocycles. The van der Waals surface area contributed by atoms with E-state index in [1.807, 2.05) is 0 Å². The summed E-state index contributed by atoms with van der Waals surface area (Å²) in [6, 6.07) is 1.36. The third-order valence-electron chi connectivity index (χ3n) is 3.99. The van der Waals surface area contributed by atoms with Crippen LogP contribution in [0.1, 0.15) is 34.1 Å². The predicted molar refractivity (Wildman–Crippen MR) is 57.0 cm³/mol. The number of fused-ring (bicyclic) bond motifs is 1. The first kappa shape index (κ1) is 10.4. The normalized spacial score (nSPS) is 42.2. The van der Waals surface area contributed by atoms with Crippen molar-refractivity contribution >= 4 is 0 Å². The lowest BCUT2D eigenvalue weighted by Crippen LogP contribution is -2.47. The van der Waals surface area contributed by atoms with E-state index in [4.69, 9.17) is 0 Å². The van der Waals surface area contributed by atoms with Crippen LogP contribution >= 0.6 is 0 Å². The van der Waals surface area contributed by atoms with Crippen LogP contribution in [-0.4, -0.2) is 29.7 Å². The molecule has 1 saturated heterocycles. The average Bonchev–Trinajstić information content (AvgIpc) is 2.78. The quantitative estimate of drug-likeness (QED) is 0.675. The van der Waals surface area contributed by atoms with E-state index in [0.29, 0.717) is 23.9 Å². The van der Waals surface area contributed by atoms with Gasteiger partial charge in [-0.05, 0) is 38.0 Å². The molecule has 4 atom stereocenters. The van der Waals surface area contributed by atoms with Gasteiger partial charge in [0.1, 0.15) is 6.67 Å². The van der Waals surface area contributed by atoms with Crippen LogP contribution in [-0.2, 0) is 0 Å². The van der Waals surface area contributed by atoms with E-state index in [-0.39, 0.29) is 12.7 Å². The van der Waals surface area contributed by atoms with Crippen LogP contribution in [0.25, 0.3) is 0 Å². The van der Waals surface area contributed by atoms with Crippen LogP contribution in [0.3, 0.4) is 0 Å². The fourth-order valence-corrected chi connectivity index (χ4v) is 3.49. The maximum atomic E-state index is 13.0. The Bertz CT molecular complexity index is 214. The molecule has 0 aromatic heterocycles. The van der Waals surface area contributed by atoms with Crippen LogP contribution in [0.5, 0.6) is 0 Å². The lowest BCUT2D eigenvalue weighted by atomic mass is 9.98. The molecule has 1 unspecified atom stereocenters. The second-order valence-corrected chi connectivity index (χ2v) is 5.56. The van der Waals surface area contributed by atoms with E-state index in [0.717, 1.165) is 5.92 Å². The van der Waals surface area contributed by atoms with E-state index in [1.54, 1.807) is 0 Å². The maximum absolute atomic E-state index is 13.0. The third-order valence-corrected chi connectivity index (χ3v) is 3.99. The molecule has 14 heavy (non-hydrogen) atoms. The van der Waals surface area contributed by atoms with Crippen LogP contribution < -0.4 is 0 Å². The molecule has 0 spiro atoms. The molecule has 2 rings (SSSR count). The summed E-state index contributed by atoms with van der Waals surface area (Å²) >= 11 is 0. The van der Waals surface area contributed by atoms with Crippen LogP contribution in [0.4, 0.5) is 4.39 Å². The number of hydrogen-bond donors (Lipinski definition) is 0. The van der Waals surface area contributed by atoms with Gasteiger partial charge in [-0.3, -0.25) is 4.90 Å². The lowest BCUT2D eigenvalue weighted by Gasteiger charge is -2.37. The molecule has 1 saturated carbocycles. The van der Waals surface area contributed by atoms with Gasteiger partial charge in [-0.15, -0.1) is 0 Å². The monoisotopic (exact) mass is 199 g/mol. The number of rotatable bonds is 3. The highest BCUT2D eigenvalue weighted by atomic mass is 19.1. The van der Waals surface area contributed by atoms with Crippen molar-refractivity contribution < 1.29 is 4.39 Å². The molecule has 0 amide bonds. The second-order valence-electron chi connectivity index (χ2n) is 5.56. The Balaban J connectivity index is 2.16. The zero-order valence-electron chi connectivity index (χ0n) is 9.70. The summed E-state index contributed by atoms with van der Waals surface area (Å²) in [6.07, 6.45) is 1.28. The summed E-state index contributed by atoms with van der Waals surface area (Å²) in [5, 5.41) is 0. The van der Waals surface area contributed by atoms with Gasteiger partial charge in [0.2, 0.25) is 0 Å². The molecule has 0 radical (unpaired) electrons. The molecule has 2 aliphatic rings. The summed E-state index contributed by atoms with van der Waals surface area (Å²) in [5.41, 5.74) is 0. The Morgan fingerprint density at radius 2 is 1.86 bits per heavy atom. The minimum absolute atomic E-state index is 0.150. The van der Waals surface area contributed by atoms with Gasteiger partial charge in [-0.1, -0.05) is 13.8 Å². The molecular weight excluding hydrogens is 177 g/mol. The molecule has 2 fully saturated rings. The topological polar surface area (TPSA) is 3.24 Å². The highest BCUT2D eigenvalue weighted by molar-refractivity contribution is 5.11. The highest BCUT2D eigenvalue weighted by Crippen LogP contribution is 2.56. The van der Waals surface area contributed by atoms with E-state index < -0.39 is 0 Å². The van der Waals surface area contributed by atoms with E-state index in [9.17, 15) is 4.39 Å². The predicted octanol–water partition coefficient (Wildman–Crippen LogP) is 2.71. The van der Waals surface area contributed by atoms with Crippen molar-refractivity contribution in [2.45, 2.75) is 52.2 Å². The van der Waals surface area contributed by atoms with Crippen LogP contribution in [0, 0.1) is 17.8 Å². The number of likely N-dealkylation sites (tertiary alicyclic amines) is 1. The summed E-state index contributed by atoms with van der Waals surface area (Å²) in [7, 11) is 0. The van der Waals surface area contributed by atoms with Crippen molar-refractivity contribution in [3.63, 3.8) is 0 Å². The largest absolute Gasteiger partial charge is 0.292 e. The minimum Gasteiger partial charge on any atom is -0.292 e. The maximum Gasteiger partial charge on any atom is 0.105 e. The Labute approximate surface area is 86.7 Å². The molecule has 0 aromatic carbocycles. The molecule has 1 aliphatic heterocycles. The molecule has 0 aromatic rings. The molecule has 0 bridgehead atoms.